The van der Waals surface area contributed by atoms with E-state index in [0.717, 1.165) is 21.3 Å². The first kappa shape index (κ1) is 22.0. The predicted octanol–water partition coefficient (Wildman–Crippen LogP) is 5.65. The summed E-state index contributed by atoms with van der Waals surface area (Å²) >= 11 is 3.50. The fraction of sp³-hybridized carbons (Fsp3) is 0.154. The lowest BCUT2D eigenvalue weighted by atomic mass is 9.95. The van der Waals surface area contributed by atoms with Gasteiger partial charge in [-0.1, -0.05) is 40.2 Å². The van der Waals surface area contributed by atoms with Gasteiger partial charge >= 0.3 is 0 Å². The van der Waals surface area contributed by atoms with Gasteiger partial charge in [0.2, 0.25) is 5.95 Å². The molecule has 8 heteroatoms. The maximum Gasteiger partial charge on any atom is 0.255 e. The first-order valence-electron chi connectivity index (χ1n) is 10.9. The minimum Gasteiger partial charge on any atom is -0.328 e. The molecule has 2 aromatic heterocycles. The number of anilines is 2. The van der Waals surface area contributed by atoms with Gasteiger partial charge in [0.25, 0.3) is 5.91 Å². The van der Waals surface area contributed by atoms with Crippen molar-refractivity contribution in [2.75, 3.05) is 10.6 Å². The summed E-state index contributed by atoms with van der Waals surface area (Å²) in [7, 11) is 0. The normalized spacial score (nSPS) is 15.0. The van der Waals surface area contributed by atoms with Gasteiger partial charge in [-0.3, -0.25) is 9.78 Å². The smallest absolute Gasteiger partial charge is 0.255 e. The molecule has 2 N–H and O–H groups in total. The minimum atomic E-state index is -0.450. The van der Waals surface area contributed by atoms with Crippen LogP contribution in [-0.2, 0) is 4.79 Å². The van der Waals surface area contributed by atoms with Gasteiger partial charge in [0.1, 0.15) is 6.04 Å². The van der Waals surface area contributed by atoms with Crippen LogP contribution in [0.5, 0.6) is 0 Å². The fourth-order valence-corrected chi connectivity index (χ4v) is 4.30. The van der Waals surface area contributed by atoms with Gasteiger partial charge in [-0.05, 0) is 67.8 Å². The van der Waals surface area contributed by atoms with E-state index in [0.29, 0.717) is 23.0 Å². The number of amides is 1. The lowest BCUT2D eigenvalue weighted by Crippen LogP contribution is -2.31. The third-order valence-corrected chi connectivity index (χ3v) is 6.50. The van der Waals surface area contributed by atoms with Crippen molar-refractivity contribution in [3.63, 3.8) is 0 Å². The van der Waals surface area contributed by atoms with E-state index in [1.807, 2.05) is 43.3 Å². The van der Waals surface area contributed by atoms with E-state index in [-0.39, 0.29) is 5.91 Å². The zero-order chi connectivity index (χ0) is 23.8. The molecule has 0 radical (unpaired) electrons. The van der Waals surface area contributed by atoms with Crippen LogP contribution in [-0.4, -0.2) is 25.7 Å². The van der Waals surface area contributed by atoms with Crippen LogP contribution in [0.2, 0.25) is 0 Å². The fourth-order valence-electron chi connectivity index (χ4n) is 4.04. The molecular formula is C26H23BrN6O. The molecule has 2 aromatic carbocycles. The number of rotatable bonds is 4. The highest BCUT2D eigenvalue weighted by Gasteiger charge is 2.34. The first-order valence-corrected chi connectivity index (χ1v) is 11.7. The van der Waals surface area contributed by atoms with E-state index in [9.17, 15) is 4.79 Å². The van der Waals surface area contributed by atoms with Gasteiger partial charge in [-0.15, -0.1) is 5.10 Å². The van der Waals surface area contributed by atoms with E-state index in [2.05, 4.69) is 57.5 Å². The summed E-state index contributed by atoms with van der Waals surface area (Å²) in [5.74, 6) is 0.978. The number of nitrogens with zero attached hydrogens (tertiary/aromatic N) is 4. The van der Waals surface area contributed by atoms with Crippen LogP contribution in [0.3, 0.4) is 0 Å². The lowest BCUT2D eigenvalue weighted by molar-refractivity contribution is -0.113. The first-order chi connectivity index (χ1) is 16.4. The average Bonchev–Trinajstić information content (AvgIpc) is 3.24. The van der Waals surface area contributed by atoms with E-state index in [1.54, 1.807) is 23.1 Å². The SMILES string of the molecule is CC1=C(C(=O)Nc2cccnc2)C(c2ccc(Br)cc2)n2nc(-c3ccc(C)c(C)c3)nc2N1. The van der Waals surface area contributed by atoms with Crippen molar-refractivity contribution in [2.45, 2.75) is 26.8 Å². The Morgan fingerprint density at radius 2 is 1.85 bits per heavy atom. The average molecular weight is 515 g/mol. The maximum absolute atomic E-state index is 13.5. The number of carbonyl (C=O) groups excluding carboxylic acids is 1. The third kappa shape index (κ3) is 4.12. The molecule has 1 aliphatic heterocycles. The van der Waals surface area contributed by atoms with E-state index in [1.165, 1.54) is 11.1 Å². The summed E-state index contributed by atoms with van der Waals surface area (Å²) in [6.07, 6.45) is 3.29. The largest absolute Gasteiger partial charge is 0.328 e. The second-order valence-electron chi connectivity index (χ2n) is 8.32. The number of fused-ring (bicyclic) bond motifs is 1. The van der Waals surface area contributed by atoms with Gasteiger partial charge in [0.05, 0.1) is 17.5 Å². The molecular weight excluding hydrogens is 492 g/mol. The van der Waals surface area contributed by atoms with Gasteiger partial charge in [0.15, 0.2) is 5.82 Å². The number of halogens is 1. The Labute approximate surface area is 206 Å². The topological polar surface area (TPSA) is 84.7 Å². The molecule has 34 heavy (non-hydrogen) atoms. The van der Waals surface area contributed by atoms with E-state index < -0.39 is 6.04 Å². The van der Waals surface area contributed by atoms with Crippen LogP contribution < -0.4 is 10.6 Å². The third-order valence-electron chi connectivity index (χ3n) is 5.97. The summed E-state index contributed by atoms with van der Waals surface area (Å²) in [5, 5.41) is 11.1. The molecule has 7 nitrogen and oxygen atoms in total. The van der Waals surface area contributed by atoms with Gasteiger partial charge in [-0.2, -0.15) is 4.98 Å². The van der Waals surface area contributed by atoms with Crippen molar-refractivity contribution in [1.29, 1.82) is 0 Å². The molecule has 0 fully saturated rings. The number of hydrogen-bond acceptors (Lipinski definition) is 5. The number of benzene rings is 2. The Hall–Kier alpha value is -3.78. The van der Waals surface area contributed by atoms with E-state index in [4.69, 9.17) is 10.1 Å². The monoisotopic (exact) mass is 514 g/mol. The number of allylic oxidation sites excluding steroid dienone is 1. The molecule has 0 saturated heterocycles. The van der Waals surface area contributed by atoms with Crippen molar-refractivity contribution >= 4 is 33.5 Å². The quantitative estimate of drug-likeness (QED) is 0.367. The second-order valence-corrected chi connectivity index (χ2v) is 9.23. The summed E-state index contributed by atoms with van der Waals surface area (Å²) < 4.78 is 2.75. The predicted molar refractivity (Wildman–Crippen MR) is 136 cm³/mol. The van der Waals surface area contributed by atoms with Crippen LogP contribution in [0.25, 0.3) is 11.4 Å². The number of hydrogen-bond donors (Lipinski definition) is 2. The van der Waals surface area contributed by atoms with Crippen molar-refractivity contribution in [3.05, 3.63) is 99.4 Å². The van der Waals surface area contributed by atoms with E-state index >= 15 is 0 Å². The highest BCUT2D eigenvalue weighted by atomic mass is 79.9. The number of aromatic nitrogens is 4. The molecule has 0 bridgehead atoms. The lowest BCUT2D eigenvalue weighted by Gasteiger charge is -2.28. The highest BCUT2D eigenvalue weighted by molar-refractivity contribution is 9.10. The van der Waals surface area contributed by atoms with Crippen molar-refractivity contribution in [1.82, 2.24) is 19.7 Å². The van der Waals surface area contributed by atoms with Gasteiger partial charge in [-0.25, -0.2) is 4.68 Å². The van der Waals surface area contributed by atoms with Gasteiger partial charge in [0, 0.05) is 21.9 Å². The van der Waals surface area contributed by atoms with Crippen molar-refractivity contribution in [3.8, 4) is 11.4 Å². The second kappa shape index (κ2) is 8.87. The van der Waals surface area contributed by atoms with Crippen LogP contribution in [0.4, 0.5) is 11.6 Å². The van der Waals surface area contributed by atoms with Crippen molar-refractivity contribution < 1.29 is 4.79 Å². The van der Waals surface area contributed by atoms with Crippen molar-refractivity contribution in [2.24, 2.45) is 0 Å². The van der Waals surface area contributed by atoms with Crippen LogP contribution >= 0.6 is 15.9 Å². The molecule has 5 rings (SSSR count). The van der Waals surface area contributed by atoms with Crippen LogP contribution in [0.15, 0.2) is 82.7 Å². The molecule has 1 amide bonds. The minimum absolute atomic E-state index is 0.222. The Kier molecular flexibility index (Phi) is 5.75. The standard InChI is InChI=1S/C26H23BrN6O/c1-15-6-7-19(13-16(15)2)24-31-26-29-17(3)22(25(34)30-21-5-4-12-28-14-21)23(33(26)32-24)18-8-10-20(27)11-9-18/h4-14,23H,1-3H3,(H,30,34)(H,29,31,32). The molecule has 1 aliphatic rings. The summed E-state index contributed by atoms with van der Waals surface area (Å²) in [6.45, 7) is 6.04. The Morgan fingerprint density at radius 3 is 2.56 bits per heavy atom. The molecule has 3 heterocycles. The maximum atomic E-state index is 13.5. The Morgan fingerprint density at radius 1 is 1.06 bits per heavy atom. The molecule has 0 aliphatic carbocycles. The molecule has 1 unspecified atom stereocenters. The highest BCUT2D eigenvalue weighted by Crippen LogP contribution is 2.37. The van der Waals surface area contributed by atoms with Crippen LogP contribution in [0, 0.1) is 13.8 Å². The Bertz CT molecular complexity index is 1410. The van der Waals surface area contributed by atoms with Gasteiger partial charge < -0.3 is 10.6 Å². The molecule has 4 aromatic rings. The zero-order valence-electron chi connectivity index (χ0n) is 19.0. The summed E-state index contributed by atoms with van der Waals surface area (Å²) in [4.78, 5) is 22.4. The number of nitrogens with one attached hydrogen (secondary N) is 2. The number of aryl methyl sites for hydroxylation is 2. The molecule has 0 saturated carbocycles. The number of carbonyl (C=O) groups is 1. The molecule has 170 valence electrons. The summed E-state index contributed by atoms with van der Waals surface area (Å²) in [6, 6.07) is 17.2. The Balaban J connectivity index is 1.60. The zero-order valence-corrected chi connectivity index (χ0v) is 20.6. The number of pyridine rings is 1. The van der Waals surface area contributed by atoms with Crippen LogP contribution in [0.1, 0.15) is 29.7 Å². The summed E-state index contributed by atoms with van der Waals surface area (Å²) in [5.41, 5.74) is 6.16. The molecule has 1 atom stereocenters. The molecule has 0 spiro atoms.